The molecule has 0 aliphatic heterocycles. The Balaban J connectivity index is 4.22. The molecule has 0 aromatic carbocycles. The molecule has 422 valence electrons. The molecule has 6 heteroatoms. The third-order valence-corrected chi connectivity index (χ3v) is 13.7. The van der Waals surface area contributed by atoms with Crippen molar-refractivity contribution in [2.45, 2.75) is 322 Å². The predicted molar refractivity (Wildman–Crippen MR) is 316 cm³/mol. The van der Waals surface area contributed by atoms with E-state index in [9.17, 15) is 14.4 Å². The van der Waals surface area contributed by atoms with Gasteiger partial charge in [-0.2, -0.15) is 0 Å². The minimum absolute atomic E-state index is 0.0711. The number of ether oxygens (including phenoxy) is 3. The summed E-state index contributed by atoms with van der Waals surface area (Å²) in [6, 6.07) is 0. The molecule has 0 saturated heterocycles. The Bertz CT molecular complexity index is 1360. The molecule has 0 fully saturated rings. The standard InChI is InChI=1S/C67H118O6/c1-4-7-10-13-16-19-22-25-26-27-28-29-30-31-32-33-34-35-36-37-38-39-40-43-45-48-51-54-57-60-66(69)72-63-64(73-67(70)61-58-55-52-49-46-42-24-21-18-15-12-9-6-3)62-71-65(68)59-56-53-50-47-44-41-23-20-17-14-11-8-5-2/h7,10,16,19,25-26,28-29,31-32,34-35,64H,4-6,8-9,11-15,17-18,20-24,27,30,33,36-63H2,1-3H3/b10-7-,19-16-,26-25-,29-28-,32-31-,35-34-. The molecule has 0 spiro atoms. The zero-order valence-corrected chi connectivity index (χ0v) is 48.4. The molecular formula is C67H118O6. The Morgan fingerprint density at radius 2 is 0.534 bits per heavy atom. The average molecular weight is 1020 g/mol. The monoisotopic (exact) mass is 1020 g/mol. The summed E-state index contributed by atoms with van der Waals surface area (Å²) in [6.07, 6.45) is 79.0. The van der Waals surface area contributed by atoms with Crippen LogP contribution in [0.2, 0.25) is 0 Å². The van der Waals surface area contributed by atoms with Crippen molar-refractivity contribution in [3.63, 3.8) is 0 Å². The van der Waals surface area contributed by atoms with Crippen LogP contribution in [-0.4, -0.2) is 37.2 Å². The van der Waals surface area contributed by atoms with Gasteiger partial charge in [0.05, 0.1) is 0 Å². The lowest BCUT2D eigenvalue weighted by molar-refractivity contribution is -0.167. The van der Waals surface area contributed by atoms with Crippen molar-refractivity contribution in [3.05, 3.63) is 72.9 Å². The van der Waals surface area contributed by atoms with Crippen LogP contribution in [0.3, 0.4) is 0 Å². The van der Waals surface area contributed by atoms with E-state index in [-0.39, 0.29) is 31.1 Å². The summed E-state index contributed by atoms with van der Waals surface area (Å²) in [7, 11) is 0. The van der Waals surface area contributed by atoms with Gasteiger partial charge in [0, 0.05) is 19.3 Å². The van der Waals surface area contributed by atoms with Gasteiger partial charge in [0.15, 0.2) is 6.10 Å². The Labute approximate surface area is 453 Å². The average Bonchev–Trinajstić information content (AvgIpc) is 3.39. The van der Waals surface area contributed by atoms with E-state index in [2.05, 4.69) is 93.7 Å². The molecule has 73 heavy (non-hydrogen) atoms. The van der Waals surface area contributed by atoms with Crippen LogP contribution in [0.25, 0.3) is 0 Å². The zero-order chi connectivity index (χ0) is 52.9. The molecule has 0 saturated carbocycles. The van der Waals surface area contributed by atoms with Crippen molar-refractivity contribution in [2.75, 3.05) is 13.2 Å². The smallest absolute Gasteiger partial charge is 0.306 e. The van der Waals surface area contributed by atoms with E-state index in [1.165, 1.54) is 180 Å². The van der Waals surface area contributed by atoms with E-state index in [1.807, 2.05) is 0 Å². The molecule has 0 aromatic rings. The van der Waals surface area contributed by atoms with E-state index in [0.717, 1.165) is 96.3 Å². The highest BCUT2D eigenvalue weighted by Gasteiger charge is 2.19. The van der Waals surface area contributed by atoms with Crippen molar-refractivity contribution in [3.8, 4) is 0 Å². The number of hydrogen-bond acceptors (Lipinski definition) is 6. The number of esters is 3. The van der Waals surface area contributed by atoms with Gasteiger partial charge in [-0.1, -0.05) is 299 Å². The molecule has 0 aromatic heterocycles. The summed E-state index contributed by atoms with van der Waals surface area (Å²) in [5, 5.41) is 0. The van der Waals surface area contributed by atoms with Crippen molar-refractivity contribution < 1.29 is 28.6 Å². The first-order valence-corrected chi connectivity index (χ1v) is 31.4. The van der Waals surface area contributed by atoms with Crippen LogP contribution in [-0.2, 0) is 28.6 Å². The molecule has 0 aliphatic carbocycles. The number of unbranched alkanes of at least 4 members (excludes halogenated alkanes) is 34. The molecule has 1 atom stereocenters. The van der Waals surface area contributed by atoms with E-state index >= 15 is 0 Å². The number of rotatable bonds is 57. The molecular weight excluding hydrogens is 901 g/mol. The van der Waals surface area contributed by atoms with Crippen LogP contribution in [0, 0.1) is 0 Å². The Hall–Kier alpha value is -3.15. The Kier molecular flexibility index (Phi) is 58.7. The summed E-state index contributed by atoms with van der Waals surface area (Å²) >= 11 is 0. The summed E-state index contributed by atoms with van der Waals surface area (Å²) in [5.74, 6) is -0.860. The molecule has 0 aliphatic rings. The largest absolute Gasteiger partial charge is 0.462 e. The summed E-state index contributed by atoms with van der Waals surface area (Å²) in [6.45, 7) is 6.55. The van der Waals surface area contributed by atoms with Gasteiger partial charge in [0.2, 0.25) is 0 Å². The molecule has 0 N–H and O–H groups in total. The van der Waals surface area contributed by atoms with E-state index in [1.54, 1.807) is 0 Å². The molecule has 0 bridgehead atoms. The highest BCUT2D eigenvalue weighted by Crippen LogP contribution is 2.17. The molecule has 0 radical (unpaired) electrons. The van der Waals surface area contributed by atoms with Crippen LogP contribution >= 0.6 is 0 Å². The second-order valence-corrected chi connectivity index (χ2v) is 21.0. The SMILES string of the molecule is CC/C=C\C/C=C\C/C=C\C/C=C\C/C=C\C/C=C\CCCCCCCCCCCCC(=O)OCC(COC(=O)CCCCCCCCCCCCCCC)OC(=O)CCCCCCCCCCCCCCC. The third-order valence-electron chi connectivity index (χ3n) is 13.7. The minimum atomic E-state index is -0.773. The lowest BCUT2D eigenvalue weighted by atomic mass is 10.0. The zero-order valence-electron chi connectivity index (χ0n) is 48.4. The molecule has 0 amide bonds. The quantitative estimate of drug-likeness (QED) is 0.0261. The van der Waals surface area contributed by atoms with E-state index < -0.39 is 6.10 Å². The highest BCUT2D eigenvalue weighted by atomic mass is 16.6. The first-order valence-electron chi connectivity index (χ1n) is 31.4. The van der Waals surface area contributed by atoms with Gasteiger partial charge in [-0.25, -0.2) is 0 Å². The number of carbonyl (C=O) groups excluding carboxylic acids is 3. The fraction of sp³-hybridized carbons (Fsp3) is 0.776. The van der Waals surface area contributed by atoms with Crippen LogP contribution in [0.5, 0.6) is 0 Å². The van der Waals surface area contributed by atoms with Crippen molar-refractivity contribution in [1.29, 1.82) is 0 Å². The van der Waals surface area contributed by atoms with E-state index in [0.29, 0.717) is 19.3 Å². The lowest BCUT2D eigenvalue weighted by Gasteiger charge is -2.18. The third kappa shape index (κ3) is 59.6. The van der Waals surface area contributed by atoms with Crippen LogP contribution in [0.15, 0.2) is 72.9 Å². The predicted octanol–water partition coefficient (Wildman–Crippen LogP) is 21.3. The fourth-order valence-corrected chi connectivity index (χ4v) is 9.04. The summed E-state index contributed by atoms with van der Waals surface area (Å²) in [4.78, 5) is 38.2. The second-order valence-electron chi connectivity index (χ2n) is 21.0. The Morgan fingerprint density at radius 1 is 0.288 bits per heavy atom. The molecule has 1 unspecified atom stereocenters. The number of allylic oxidation sites excluding steroid dienone is 12. The van der Waals surface area contributed by atoms with Crippen molar-refractivity contribution in [2.24, 2.45) is 0 Å². The number of hydrogen-bond donors (Lipinski definition) is 0. The topological polar surface area (TPSA) is 78.9 Å². The van der Waals surface area contributed by atoms with Crippen LogP contribution in [0.4, 0.5) is 0 Å². The first-order chi connectivity index (χ1) is 36.0. The van der Waals surface area contributed by atoms with Crippen molar-refractivity contribution >= 4 is 17.9 Å². The van der Waals surface area contributed by atoms with Gasteiger partial charge < -0.3 is 14.2 Å². The van der Waals surface area contributed by atoms with Crippen LogP contribution in [0.1, 0.15) is 316 Å². The lowest BCUT2D eigenvalue weighted by Crippen LogP contribution is -2.30. The fourth-order valence-electron chi connectivity index (χ4n) is 9.04. The summed E-state index contributed by atoms with van der Waals surface area (Å²) < 4.78 is 16.9. The maximum Gasteiger partial charge on any atom is 0.306 e. The summed E-state index contributed by atoms with van der Waals surface area (Å²) in [5.41, 5.74) is 0. The first kappa shape index (κ1) is 69.8. The Morgan fingerprint density at radius 3 is 0.836 bits per heavy atom. The van der Waals surface area contributed by atoms with Gasteiger partial charge in [0.25, 0.3) is 0 Å². The second kappa shape index (κ2) is 61.4. The van der Waals surface area contributed by atoms with Gasteiger partial charge in [-0.05, 0) is 70.6 Å². The van der Waals surface area contributed by atoms with Gasteiger partial charge in [-0.3, -0.25) is 14.4 Å². The normalized spacial score (nSPS) is 12.5. The molecule has 6 nitrogen and oxygen atoms in total. The van der Waals surface area contributed by atoms with Gasteiger partial charge in [0.1, 0.15) is 13.2 Å². The van der Waals surface area contributed by atoms with Gasteiger partial charge in [-0.15, -0.1) is 0 Å². The minimum Gasteiger partial charge on any atom is -0.462 e. The maximum atomic E-state index is 12.9. The highest BCUT2D eigenvalue weighted by molar-refractivity contribution is 5.71. The van der Waals surface area contributed by atoms with E-state index in [4.69, 9.17) is 14.2 Å². The maximum absolute atomic E-state index is 12.9. The van der Waals surface area contributed by atoms with Crippen molar-refractivity contribution in [1.82, 2.24) is 0 Å². The number of carbonyl (C=O) groups is 3. The van der Waals surface area contributed by atoms with Crippen LogP contribution < -0.4 is 0 Å². The molecule has 0 rings (SSSR count). The van der Waals surface area contributed by atoms with Gasteiger partial charge >= 0.3 is 17.9 Å². The molecule has 0 heterocycles.